The Labute approximate surface area is 189 Å². The van der Waals surface area contributed by atoms with Crippen LogP contribution in [-0.4, -0.2) is 58.2 Å². The average molecular weight is 440 g/mol. The van der Waals surface area contributed by atoms with Crippen molar-refractivity contribution in [3.8, 4) is 0 Å². The number of carbonyl (C=O) groups excluding carboxylic acids is 3. The van der Waals surface area contributed by atoms with E-state index in [0.717, 1.165) is 0 Å². The number of nitrogens with two attached hydrogens (primary N) is 1. The highest BCUT2D eigenvalue weighted by molar-refractivity contribution is 5.85. The number of hydrogen-bond acceptors (Lipinski definition) is 5. The standard InChI is InChI=1S/C24H33N5O3/c1-16(2)17-3-5-18(6-4-17)20-15-21-24(32)28(13-14-29(21)26-20)12-9-22(30)27-10-7-19(8-11-27)23(25)31/h3-6,13-14,16,19-21,26H,7-12,15H2,1-2H3,(H2,25,31). The number of rotatable bonds is 6. The Morgan fingerprint density at radius 3 is 2.44 bits per heavy atom. The molecule has 0 bridgehead atoms. The molecule has 8 nitrogen and oxygen atoms in total. The molecule has 1 aromatic carbocycles. The van der Waals surface area contributed by atoms with Gasteiger partial charge >= 0.3 is 0 Å². The van der Waals surface area contributed by atoms with Crippen molar-refractivity contribution in [3.63, 3.8) is 0 Å². The molecule has 0 saturated carbocycles. The number of primary amides is 1. The van der Waals surface area contributed by atoms with Crippen LogP contribution in [0.1, 0.15) is 62.6 Å². The molecule has 0 aromatic heterocycles. The van der Waals surface area contributed by atoms with Crippen molar-refractivity contribution in [1.29, 1.82) is 0 Å². The third kappa shape index (κ3) is 4.65. The van der Waals surface area contributed by atoms with E-state index in [-0.39, 0.29) is 42.1 Å². The molecule has 2 unspecified atom stereocenters. The number of carbonyl (C=O) groups is 3. The van der Waals surface area contributed by atoms with Crippen LogP contribution in [0.25, 0.3) is 0 Å². The van der Waals surface area contributed by atoms with E-state index in [1.807, 2.05) is 11.2 Å². The summed E-state index contributed by atoms with van der Waals surface area (Å²) in [6, 6.07) is 8.40. The van der Waals surface area contributed by atoms with Gasteiger partial charge in [0.25, 0.3) is 5.91 Å². The van der Waals surface area contributed by atoms with Gasteiger partial charge in [0.15, 0.2) is 0 Å². The fourth-order valence-electron chi connectivity index (χ4n) is 4.74. The molecule has 32 heavy (non-hydrogen) atoms. The summed E-state index contributed by atoms with van der Waals surface area (Å²) >= 11 is 0. The van der Waals surface area contributed by atoms with Gasteiger partial charge in [0.1, 0.15) is 6.04 Å². The predicted octanol–water partition coefficient (Wildman–Crippen LogP) is 1.86. The lowest BCUT2D eigenvalue weighted by Gasteiger charge is -2.33. The first-order valence-corrected chi connectivity index (χ1v) is 11.5. The number of piperidine rings is 1. The Hall–Kier alpha value is -2.87. The Bertz CT molecular complexity index is 889. The fraction of sp³-hybridized carbons (Fsp3) is 0.542. The Morgan fingerprint density at radius 2 is 1.81 bits per heavy atom. The number of hydrazine groups is 1. The summed E-state index contributed by atoms with van der Waals surface area (Å²) in [5.41, 5.74) is 11.3. The van der Waals surface area contributed by atoms with Crippen molar-refractivity contribution >= 4 is 17.7 Å². The molecule has 2 saturated heterocycles. The zero-order valence-electron chi connectivity index (χ0n) is 18.9. The van der Waals surface area contributed by atoms with Gasteiger partial charge in [-0.15, -0.1) is 0 Å². The monoisotopic (exact) mass is 439 g/mol. The number of amides is 3. The van der Waals surface area contributed by atoms with Crippen LogP contribution in [0.15, 0.2) is 36.7 Å². The lowest BCUT2D eigenvalue weighted by molar-refractivity contribution is -0.137. The van der Waals surface area contributed by atoms with Crippen LogP contribution in [0, 0.1) is 5.92 Å². The molecule has 3 aliphatic rings. The maximum Gasteiger partial charge on any atom is 0.250 e. The van der Waals surface area contributed by atoms with E-state index >= 15 is 0 Å². The van der Waals surface area contributed by atoms with Crippen molar-refractivity contribution in [1.82, 2.24) is 20.2 Å². The van der Waals surface area contributed by atoms with E-state index in [1.54, 1.807) is 16.0 Å². The van der Waals surface area contributed by atoms with Crippen molar-refractivity contribution in [2.24, 2.45) is 11.7 Å². The second kappa shape index (κ2) is 9.32. The van der Waals surface area contributed by atoms with Gasteiger partial charge in [-0.3, -0.25) is 14.4 Å². The van der Waals surface area contributed by atoms with Crippen molar-refractivity contribution < 1.29 is 14.4 Å². The van der Waals surface area contributed by atoms with E-state index in [2.05, 4.69) is 43.5 Å². The third-order valence-corrected chi connectivity index (χ3v) is 6.90. The quantitative estimate of drug-likeness (QED) is 0.705. The first kappa shape index (κ1) is 22.3. The normalized spacial score (nSPS) is 23.7. The average Bonchev–Trinajstić information content (AvgIpc) is 3.24. The molecule has 0 aliphatic carbocycles. The van der Waals surface area contributed by atoms with E-state index in [1.165, 1.54) is 11.1 Å². The van der Waals surface area contributed by atoms with Crippen LogP contribution in [-0.2, 0) is 14.4 Å². The zero-order valence-corrected chi connectivity index (χ0v) is 18.9. The van der Waals surface area contributed by atoms with Crippen LogP contribution < -0.4 is 11.2 Å². The van der Waals surface area contributed by atoms with Gasteiger partial charge < -0.3 is 20.5 Å². The first-order valence-electron chi connectivity index (χ1n) is 11.5. The molecule has 4 rings (SSSR count). The Morgan fingerprint density at radius 1 is 1.12 bits per heavy atom. The highest BCUT2D eigenvalue weighted by Crippen LogP contribution is 2.31. The summed E-state index contributed by atoms with van der Waals surface area (Å²) in [4.78, 5) is 40.4. The highest BCUT2D eigenvalue weighted by atomic mass is 16.2. The van der Waals surface area contributed by atoms with Crippen LogP contribution in [0.2, 0.25) is 0 Å². The summed E-state index contributed by atoms with van der Waals surface area (Å²) in [7, 11) is 0. The molecule has 8 heteroatoms. The first-order chi connectivity index (χ1) is 15.3. The van der Waals surface area contributed by atoms with E-state index in [9.17, 15) is 14.4 Å². The van der Waals surface area contributed by atoms with Gasteiger partial charge in [-0.25, -0.2) is 5.43 Å². The minimum Gasteiger partial charge on any atom is -0.369 e. The SMILES string of the molecule is CC(C)c1ccc(C2CC3C(=O)N(CCC(=O)N4CCC(C(N)=O)CC4)C=CN3N2)cc1. The Balaban J connectivity index is 1.29. The second-order valence-electron chi connectivity index (χ2n) is 9.30. The Kier molecular flexibility index (Phi) is 6.50. The van der Waals surface area contributed by atoms with Crippen molar-refractivity contribution in [3.05, 3.63) is 47.8 Å². The molecule has 3 N–H and O–H groups in total. The van der Waals surface area contributed by atoms with Crippen molar-refractivity contribution in [2.75, 3.05) is 19.6 Å². The van der Waals surface area contributed by atoms with Crippen LogP contribution in [0.5, 0.6) is 0 Å². The van der Waals surface area contributed by atoms with Gasteiger partial charge in [0, 0.05) is 44.4 Å². The van der Waals surface area contributed by atoms with Gasteiger partial charge in [-0.2, -0.15) is 0 Å². The number of likely N-dealkylation sites (tertiary alicyclic amines) is 1. The molecule has 3 aliphatic heterocycles. The summed E-state index contributed by atoms with van der Waals surface area (Å²) in [6.45, 7) is 5.81. The maximum absolute atomic E-state index is 13.1. The van der Waals surface area contributed by atoms with Crippen LogP contribution >= 0.6 is 0 Å². The number of nitrogens with one attached hydrogen (secondary N) is 1. The van der Waals surface area contributed by atoms with Gasteiger partial charge in [-0.05, 0) is 36.3 Å². The lowest BCUT2D eigenvalue weighted by Crippen LogP contribution is -2.49. The number of hydrogen-bond donors (Lipinski definition) is 2. The topological polar surface area (TPSA) is 99.0 Å². The summed E-state index contributed by atoms with van der Waals surface area (Å²) in [5, 5.41) is 1.89. The molecular formula is C24H33N5O3. The summed E-state index contributed by atoms with van der Waals surface area (Å²) < 4.78 is 0. The van der Waals surface area contributed by atoms with Crippen LogP contribution in [0.4, 0.5) is 0 Å². The van der Waals surface area contributed by atoms with Crippen molar-refractivity contribution in [2.45, 2.75) is 57.5 Å². The minimum atomic E-state index is -0.287. The van der Waals surface area contributed by atoms with Gasteiger partial charge in [-0.1, -0.05) is 38.1 Å². The molecule has 172 valence electrons. The predicted molar refractivity (Wildman–Crippen MR) is 121 cm³/mol. The highest BCUT2D eigenvalue weighted by Gasteiger charge is 2.40. The fourth-order valence-corrected chi connectivity index (χ4v) is 4.74. The number of fused-ring (bicyclic) bond motifs is 1. The van der Waals surface area contributed by atoms with Gasteiger partial charge in [0.2, 0.25) is 11.8 Å². The van der Waals surface area contributed by atoms with Gasteiger partial charge in [0.05, 0.1) is 6.04 Å². The van der Waals surface area contributed by atoms with E-state index < -0.39 is 0 Å². The van der Waals surface area contributed by atoms with E-state index in [4.69, 9.17) is 5.73 Å². The number of benzene rings is 1. The lowest BCUT2D eigenvalue weighted by atomic mass is 9.96. The summed E-state index contributed by atoms with van der Waals surface area (Å²) in [5.74, 6) is 0.0963. The molecule has 0 spiro atoms. The zero-order chi connectivity index (χ0) is 22.8. The smallest absolute Gasteiger partial charge is 0.250 e. The summed E-state index contributed by atoms with van der Waals surface area (Å²) in [6.07, 6.45) is 5.84. The van der Waals surface area contributed by atoms with Crippen LogP contribution in [0.3, 0.4) is 0 Å². The minimum absolute atomic E-state index is 0.0153. The molecule has 2 fully saturated rings. The second-order valence-corrected chi connectivity index (χ2v) is 9.30. The largest absolute Gasteiger partial charge is 0.369 e. The molecule has 1 aromatic rings. The molecule has 3 amide bonds. The molecule has 3 heterocycles. The molecular weight excluding hydrogens is 406 g/mol. The maximum atomic E-state index is 13.1. The third-order valence-electron chi connectivity index (χ3n) is 6.90. The number of nitrogens with zero attached hydrogens (tertiary/aromatic N) is 3. The van der Waals surface area contributed by atoms with E-state index in [0.29, 0.717) is 44.8 Å². The molecule has 0 radical (unpaired) electrons. The molecule has 2 atom stereocenters.